The third-order valence-corrected chi connectivity index (χ3v) is 5.00. The lowest BCUT2D eigenvalue weighted by atomic mass is 9.84. The molecule has 0 aliphatic heterocycles. The van der Waals surface area contributed by atoms with Gasteiger partial charge >= 0.3 is 0 Å². The fraction of sp³-hybridized carbons (Fsp3) is 0.684. The van der Waals surface area contributed by atoms with Crippen molar-refractivity contribution in [3.63, 3.8) is 0 Å². The lowest BCUT2D eigenvalue weighted by Gasteiger charge is -2.36. The fourth-order valence-corrected chi connectivity index (χ4v) is 3.32. The third kappa shape index (κ3) is 4.74. The molecule has 2 heteroatoms. The number of benzene rings is 1. The quantitative estimate of drug-likeness (QED) is 0.823. The van der Waals surface area contributed by atoms with Crippen molar-refractivity contribution in [3.05, 3.63) is 29.8 Å². The van der Waals surface area contributed by atoms with Gasteiger partial charge < -0.3 is 10.2 Å². The maximum atomic E-state index is 3.47. The number of nitrogens with zero attached hydrogens (tertiary/aromatic N) is 1. The second kappa shape index (κ2) is 7.84. The number of nitrogens with one attached hydrogen (secondary N) is 1. The standard InChI is InChI=1S/C19H32N2/c1-5-16-6-10-18(11-7-16)21(4)19-12-8-17(9-13-19)14-20-15(2)3/h8-9,12-13,15-16,18,20H,5-7,10-11,14H2,1-4H3. The molecular weight excluding hydrogens is 256 g/mol. The number of hydrogen-bond donors (Lipinski definition) is 1. The van der Waals surface area contributed by atoms with Gasteiger partial charge in [0.2, 0.25) is 0 Å². The molecule has 21 heavy (non-hydrogen) atoms. The Balaban J connectivity index is 1.89. The van der Waals surface area contributed by atoms with E-state index in [-0.39, 0.29) is 0 Å². The van der Waals surface area contributed by atoms with Crippen LogP contribution in [0.4, 0.5) is 5.69 Å². The van der Waals surface area contributed by atoms with Crippen molar-refractivity contribution in [3.8, 4) is 0 Å². The van der Waals surface area contributed by atoms with E-state index in [1.54, 1.807) is 0 Å². The Morgan fingerprint density at radius 3 is 2.24 bits per heavy atom. The molecule has 2 rings (SSSR count). The maximum absolute atomic E-state index is 3.47. The summed E-state index contributed by atoms with van der Waals surface area (Å²) in [7, 11) is 2.26. The van der Waals surface area contributed by atoms with E-state index >= 15 is 0 Å². The van der Waals surface area contributed by atoms with Gasteiger partial charge in [-0.15, -0.1) is 0 Å². The predicted octanol–water partition coefficient (Wildman–Crippen LogP) is 4.59. The van der Waals surface area contributed by atoms with Crippen molar-refractivity contribution in [2.75, 3.05) is 11.9 Å². The normalized spacial score (nSPS) is 22.5. The van der Waals surface area contributed by atoms with Crippen LogP contribution in [0.2, 0.25) is 0 Å². The van der Waals surface area contributed by atoms with E-state index in [0.29, 0.717) is 6.04 Å². The van der Waals surface area contributed by atoms with Crippen molar-refractivity contribution in [2.24, 2.45) is 5.92 Å². The van der Waals surface area contributed by atoms with Gasteiger partial charge in [-0.05, 0) is 49.3 Å². The average Bonchev–Trinajstić information content (AvgIpc) is 2.53. The van der Waals surface area contributed by atoms with Crippen LogP contribution >= 0.6 is 0 Å². The largest absolute Gasteiger partial charge is 0.372 e. The molecular formula is C19H32N2. The summed E-state index contributed by atoms with van der Waals surface area (Å²) in [5.41, 5.74) is 2.73. The second-order valence-corrected chi connectivity index (χ2v) is 6.90. The van der Waals surface area contributed by atoms with E-state index in [2.05, 4.69) is 62.3 Å². The van der Waals surface area contributed by atoms with Gasteiger partial charge in [-0.2, -0.15) is 0 Å². The van der Waals surface area contributed by atoms with Gasteiger partial charge in [0.25, 0.3) is 0 Å². The lowest BCUT2D eigenvalue weighted by molar-refractivity contribution is 0.313. The number of hydrogen-bond acceptors (Lipinski definition) is 2. The summed E-state index contributed by atoms with van der Waals surface area (Å²) < 4.78 is 0. The van der Waals surface area contributed by atoms with E-state index in [0.717, 1.165) is 18.5 Å². The second-order valence-electron chi connectivity index (χ2n) is 6.90. The molecule has 0 radical (unpaired) electrons. The molecule has 1 fully saturated rings. The highest BCUT2D eigenvalue weighted by Crippen LogP contribution is 2.31. The van der Waals surface area contributed by atoms with Gasteiger partial charge in [0.15, 0.2) is 0 Å². The van der Waals surface area contributed by atoms with E-state index < -0.39 is 0 Å². The molecule has 0 saturated heterocycles. The molecule has 0 aromatic heterocycles. The molecule has 0 bridgehead atoms. The first-order chi connectivity index (χ1) is 10.1. The zero-order valence-electron chi connectivity index (χ0n) is 14.2. The van der Waals surface area contributed by atoms with E-state index in [9.17, 15) is 0 Å². The number of rotatable bonds is 6. The molecule has 1 aromatic rings. The van der Waals surface area contributed by atoms with Gasteiger partial charge in [0.1, 0.15) is 0 Å². The molecule has 1 aliphatic carbocycles. The van der Waals surface area contributed by atoms with Gasteiger partial charge in [-0.3, -0.25) is 0 Å². The summed E-state index contributed by atoms with van der Waals surface area (Å²) in [5.74, 6) is 0.971. The van der Waals surface area contributed by atoms with Gasteiger partial charge in [-0.25, -0.2) is 0 Å². The highest BCUT2D eigenvalue weighted by Gasteiger charge is 2.23. The van der Waals surface area contributed by atoms with Crippen LogP contribution in [-0.2, 0) is 6.54 Å². The van der Waals surface area contributed by atoms with Gasteiger partial charge in [-0.1, -0.05) is 39.3 Å². The summed E-state index contributed by atoms with van der Waals surface area (Å²) in [6, 6.07) is 10.4. The predicted molar refractivity (Wildman–Crippen MR) is 92.9 cm³/mol. The Morgan fingerprint density at radius 2 is 1.71 bits per heavy atom. The molecule has 1 aromatic carbocycles. The van der Waals surface area contributed by atoms with Crippen molar-refractivity contribution in [1.82, 2.24) is 5.32 Å². The minimum atomic E-state index is 0.543. The maximum Gasteiger partial charge on any atom is 0.0366 e. The monoisotopic (exact) mass is 288 g/mol. The molecule has 2 nitrogen and oxygen atoms in total. The van der Waals surface area contributed by atoms with Crippen LogP contribution in [0, 0.1) is 5.92 Å². The Bertz CT molecular complexity index is 402. The molecule has 1 saturated carbocycles. The van der Waals surface area contributed by atoms with Crippen LogP contribution in [0.25, 0.3) is 0 Å². The Kier molecular flexibility index (Phi) is 6.10. The Morgan fingerprint density at radius 1 is 1.10 bits per heavy atom. The molecule has 1 aliphatic rings. The smallest absolute Gasteiger partial charge is 0.0366 e. The van der Waals surface area contributed by atoms with E-state index in [1.165, 1.54) is 43.4 Å². The fourth-order valence-electron chi connectivity index (χ4n) is 3.32. The van der Waals surface area contributed by atoms with Crippen LogP contribution in [0.3, 0.4) is 0 Å². The van der Waals surface area contributed by atoms with Crippen LogP contribution in [-0.4, -0.2) is 19.1 Å². The third-order valence-electron chi connectivity index (χ3n) is 5.00. The lowest BCUT2D eigenvalue weighted by Crippen LogP contribution is -2.35. The van der Waals surface area contributed by atoms with Crippen molar-refractivity contribution >= 4 is 5.69 Å². The minimum absolute atomic E-state index is 0.543. The first-order valence-corrected chi connectivity index (χ1v) is 8.65. The average molecular weight is 288 g/mol. The molecule has 118 valence electrons. The molecule has 0 unspecified atom stereocenters. The molecule has 0 amide bonds. The molecule has 0 atom stereocenters. The van der Waals surface area contributed by atoms with Crippen LogP contribution in [0.15, 0.2) is 24.3 Å². The number of anilines is 1. The summed E-state index contributed by atoms with van der Waals surface area (Å²) >= 11 is 0. The first kappa shape index (κ1) is 16.4. The highest BCUT2D eigenvalue weighted by atomic mass is 15.1. The van der Waals surface area contributed by atoms with Crippen LogP contribution in [0.1, 0.15) is 58.4 Å². The summed E-state index contributed by atoms with van der Waals surface area (Å²) in [6.45, 7) is 7.67. The van der Waals surface area contributed by atoms with Crippen molar-refractivity contribution in [1.29, 1.82) is 0 Å². The van der Waals surface area contributed by atoms with Gasteiger partial charge in [0, 0.05) is 31.4 Å². The summed E-state index contributed by atoms with van der Waals surface area (Å²) in [5, 5.41) is 3.47. The summed E-state index contributed by atoms with van der Waals surface area (Å²) in [6.07, 6.45) is 6.87. The van der Waals surface area contributed by atoms with Crippen molar-refractivity contribution in [2.45, 2.75) is 71.5 Å². The summed E-state index contributed by atoms with van der Waals surface area (Å²) in [4.78, 5) is 2.49. The Hall–Kier alpha value is -1.02. The molecule has 0 spiro atoms. The zero-order valence-corrected chi connectivity index (χ0v) is 14.2. The first-order valence-electron chi connectivity index (χ1n) is 8.65. The SMILES string of the molecule is CCC1CCC(N(C)c2ccc(CNC(C)C)cc2)CC1. The van der Waals surface area contributed by atoms with Crippen LogP contribution < -0.4 is 10.2 Å². The zero-order chi connectivity index (χ0) is 15.2. The van der Waals surface area contributed by atoms with Gasteiger partial charge in [0.05, 0.1) is 0 Å². The van der Waals surface area contributed by atoms with Crippen LogP contribution in [0.5, 0.6) is 0 Å². The Labute approximate surface area is 130 Å². The molecule has 0 heterocycles. The highest BCUT2D eigenvalue weighted by molar-refractivity contribution is 5.48. The van der Waals surface area contributed by atoms with Crippen molar-refractivity contribution < 1.29 is 0 Å². The minimum Gasteiger partial charge on any atom is -0.372 e. The van der Waals surface area contributed by atoms with E-state index in [4.69, 9.17) is 0 Å². The topological polar surface area (TPSA) is 15.3 Å². The molecule has 1 N–H and O–H groups in total. The van der Waals surface area contributed by atoms with E-state index in [1.807, 2.05) is 0 Å².